The first-order valence-corrected chi connectivity index (χ1v) is 11.6. The van der Waals surface area contributed by atoms with Crippen LogP contribution in [-0.4, -0.2) is 4.98 Å². The lowest BCUT2D eigenvalue weighted by atomic mass is 9.79. The first kappa shape index (κ1) is 17.9. The van der Waals surface area contributed by atoms with Gasteiger partial charge in [0.15, 0.2) is 0 Å². The van der Waals surface area contributed by atoms with Gasteiger partial charge in [-0.1, -0.05) is 84.9 Å². The van der Waals surface area contributed by atoms with Crippen molar-refractivity contribution in [2.45, 2.75) is 25.2 Å². The van der Waals surface area contributed by atoms with Crippen molar-refractivity contribution in [1.29, 1.82) is 0 Å². The number of rotatable bonds is 1. The van der Waals surface area contributed by atoms with Crippen molar-refractivity contribution in [2.24, 2.45) is 0 Å². The molecule has 0 aliphatic heterocycles. The van der Waals surface area contributed by atoms with E-state index in [2.05, 4.69) is 97.1 Å². The highest BCUT2D eigenvalue weighted by Gasteiger charge is 2.23. The van der Waals surface area contributed by atoms with E-state index in [-0.39, 0.29) is 0 Å². The molecule has 7 rings (SSSR count). The number of nitrogens with zero attached hydrogens (tertiary/aromatic N) is 1. The van der Waals surface area contributed by atoms with Gasteiger partial charge in [-0.25, -0.2) is 0 Å². The molecule has 0 N–H and O–H groups in total. The molecule has 0 amide bonds. The summed E-state index contributed by atoms with van der Waals surface area (Å²) in [4.78, 5) is 5.04. The van der Waals surface area contributed by atoms with E-state index in [0.717, 1.165) is 18.4 Å². The SMILES string of the molecule is c1ccc2nc(C3CCc4ccc5c(ccc6c7ccccc7ccc56)c4C3)ccc2c1. The Morgan fingerprint density at radius 3 is 2.22 bits per heavy atom. The number of fused-ring (bicyclic) bond motifs is 8. The number of aromatic nitrogens is 1. The van der Waals surface area contributed by atoms with Crippen molar-refractivity contribution in [3.63, 3.8) is 0 Å². The molecule has 1 aromatic heterocycles. The summed E-state index contributed by atoms with van der Waals surface area (Å²) in [5.41, 5.74) is 5.36. The first-order chi connectivity index (χ1) is 15.8. The van der Waals surface area contributed by atoms with E-state index < -0.39 is 0 Å². The van der Waals surface area contributed by atoms with Gasteiger partial charge in [0.1, 0.15) is 0 Å². The van der Waals surface area contributed by atoms with Crippen LogP contribution in [0.25, 0.3) is 43.2 Å². The highest BCUT2D eigenvalue weighted by atomic mass is 14.7. The van der Waals surface area contributed by atoms with Crippen molar-refractivity contribution in [3.8, 4) is 0 Å². The van der Waals surface area contributed by atoms with Gasteiger partial charge < -0.3 is 0 Å². The standard InChI is InChI=1S/C31H23N/c1-3-7-24-20(5-1)11-14-26-25(24)16-17-28-27(26)15-12-21-9-10-23(19-29(21)28)31-18-13-22-6-2-4-8-30(22)32-31/h1-8,11-18,23H,9-10,19H2. The van der Waals surface area contributed by atoms with Gasteiger partial charge in [0, 0.05) is 17.0 Å². The lowest BCUT2D eigenvalue weighted by Gasteiger charge is -2.26. The summed E-state index contributed by atoms with van der Waals surface area (Å²) in [5.74, 6) is 0.477. The van der Waals surface area contributed by atoms with Gasteiger partial charge in [-0.05, 0) is 74.8 Å². The Morgan fingerprint density at radius 2 is 1.25 bits per heavy atom. The van der Waals surface area contributed by atoms with Crippen LogP contribution in [0.1, 0.15) is 29.2 Å². The van der Waals surface area contributed by atoms with E-state index in [9.17, 15) is 0 Å². The maximum atomic E-state index is 5.04. The zero-order valence-corrected chi connectivity index (χ0v) is 17.9. The van der Waals surface area contributed by atoms with Crippen LogP contribution in [-0.2, 0) is 12.8 Å². The second kappa shape index (κ2) is 6.90. The van der Waals surface area contributed by atoms with Crippen LogP contribution in [0.4, 0.5) is 0 Å². The molecule has 5 aromatic carbocycles. The number of benzene rings is 5. The third-order valence-electron chi connectivity index (χ3n) is 7.38. The molecule has 1 nitrogen and oxygen atoms in total. The van der Waals surface area contributed by atoms with Gasteiger partial charge in [0.25, 0.3) is 0 Å². The average Bonchev–Trinajstić information content (AvgIpc) is 2.87. The number of hydrogen-bond acceptors (Lipinski definition) is 1. The van der Waals surface area contributed by atoms with E-state index in [0.29, 0.717) is 5.92 Å². The lowest BCUT2D eigenvalue weighted by molar-refractivity contribution is 0.576. The fourth-order valence-electron chi connectivity index (χ4n) is 5.73. The Kier molecular flexibility index (Phi) is 3.86. The summed E-state index contributed by atoms with van der Waals surface area (Å²) in [6.45, 7) is 0. The molecule has 32 heavy (non-hydrogen) atoms. The Morgan fingerprint density at radius 1 is 0.562 bits per heavy atom. The van der Waals surface area contributed by atoms with Gasteiger partial charge >= 0.3 is 0 Å². The quantitative estimate of drug-likeness (QED) is 0.251. The minimum atomic E-state index is 0.477. The van der Waals surface area contributed by atoms with Gasteiger partial charge in [0.2, 0.25) is 0 Å². The largest absolute Gasteiger partial charge is 0.253 e. The highest BCUT2D eigenvalue weighted by Crippen LogP contribution is 2.39. The summed E-state index contributed by atoms with van der Waals surface area (Å²) in [6, 6.07) is 35.6. The molecule has 0 saturated heterocycles. The molecule has 0 spiro atoms. The minimum absolute atomic E-state index is 0.477. The lowest BCUT2D eigenvalue weighted by Crippen LogP contribution is -2.14. The topological polar surface area (TPSA) is 12.9 Å². The third-order valence-corrected chi connectivity index (χ3v) is 7.38. The van der Waals surface area contributed by atoms with Crippen molar-refractivity contribution in [1.82, 2.24) is 4.98 Å². The monoisotopic (exact) mass is 409 g/mol. The fourth-order valence-corrected chi connectivity index (χ4v) is 5.73. The summed E-state index contributed by atoms with van der Waals surface area (Å²) in [5, 5.41) is 9.35. The zero-order chi connectivity index (χ0) is 21.1. The van der Waals surface area contributed by atoms with Gasteiger partial charge in [-0.2, -0.15) is 0 Å². The van der Waals surface area contributed by atoms with Crippen molar-refractivity contribution >= 4 is 43.2 Å². The van der Waals surface area contributed by atoms with Crippen LogP contribution in [0.2, 0.25) is 0 Å². The number of para-hydroxylation sites is 1. The first-order valence-electron chi connectivity index (χ1n) is 11.6. The van der Waals surface area contributed by atoms with Crippen LogP contribution in [0.3, 0.4) is 0 Å². The summed E-state index contributed by atoms with van der Waals surface area (Å²) < 4.78 is 0. The van der Waals surface area contributed by atoms with E-state index in [1.807, 2.05) is 0 Å². The smallest absolute Gasteiger partial charge is 0.0705 e. The predicted molar refractivity (Wildman–Crippen MR) is 135 cm³/mol. The Hall–Kier alpha value is -3.71. The molecule has 1 heterocycles. The van der Waals surface area contributed by atoms with Crippen molar-refractivity contribution in [2.75, 3.05) is 0 Å². The van der Waals surface area contributed by atoms with Gasteiger partial charge in [0.05, 0.1) is 5.52 Å². The maximum Gasteiger partial charge on any atom is 0.0705 e. The van der Waals surface area contributed by atoms with Crippen LogP contribution >= 0.6 is 0 Å². The maximum absolute atomic E-state index is 5.04. The Labute approximate surface area is 187 Å². The average molecular weight is 410 g/mol. The second-order valence-electron chi connectivity index (χ2n) is 9.11. The van der Waals surface area contributed by atoms with Crippen molar-refractivity contribution < 1.29 is 0 Å². The summed E-state index contributed by atoms with van der Waals surface area (Å²) >= 11 is 0. The van der Waals surface area contributed by atoms with Crippen molar-refractivity contribution in [3.05, 3.63) is 114 Å². The third kappa shape index (κ3) is 2.67. The van der Waals surface area contributed by atoms with Gasteiger partial charge in [-0.3, -0.25) is 4.98 Å². The van der Waals surface area contributed by atoms with Crippen LogP contribution < -0.4 is 0 Å². The van der Waals surface area contributed by atoms with E-state index in [4.69, 9.17) is 4.98 Å². The van der Waals surface area contributed by atoms with E-state index >= 15 is 0 Å². The molecular weight excluding hydrogens is 386 g/mol. The predicted octanol–water partition coefficient (Wildman–Crippen LogP) is 7.97. The van der Waals surface area contributed by atoms with Crippen LogP contribution in [0.15, 0.2) is 97.1 Å². The highest BCUT2D eigenvalue weighted by molar-refractivity contribution is 6.17. The molecule has 152 valence electrons. The molecule has 0 radical (unpaired) electrons. The fraction of sp³-hybridized carbons (Fsp3) is 0.129. The van der Waals surface area contributed by atoms with Crippen LogP contribution in [0.5, 0.6) is 0 Å². The Balaban J connectivity index is 1.38. The molecule has 1 unspecified atom stereocenters. The van der Waals surface area contributed by atoms with Crippen LogP contribution in [0, 0.1) is 0 Å². The Bertz CT molecular complexity index is 1660. The number of hydrogen-bond donors (Lipinski definition) is 0. The molecule has 1 aliphatic rings. The molecule has 1 heteroatoms. The summed E-state index contributed by atoms with van der Waals surface area (Å²) in [6.07, 6.45) is 3.36. The molecule has 0 fully saturated rings. The van der Waals surface area contributed by atoms with E-state index in [1.165, 1.54) is 60.9 Å². The molecular formula is C31H23N. The summed E-state index contributed by atoms with van der Waals surface area (Å²) in [7, 11) is 0. The molecule has 1 aliphatic carbocycles. The molecule has 6 aromatic rings. The normalized spacial score (nSPS) is 16.1. The molecule has 1 atom stereocenters. The number of pyridine rings is 1. The van der Waals surface area contributed by atoms with E-state index in [1.54, 1.807) is 0 Å². The minimum Gasteiger partial charge on any atom is -0.253 e. The zero-order valence-electron chi connectivity index (χ0n) is 17.9. The number of aryl methyl sites for hydroxylation is 1. The molecule has 0 saturated carbocycles. The molecule has 0 bridgehead atoms. The second-order valence-corrected chi connectivity index (χ2v) is 9.11. The van der Waals surface area contributed by atoms with Gasteiger partial charge in [-0.15, -0.1) is 0 Å².